The first-order chi connectivity index (χ1) is 7.02. The summed E-state index contributed by atoms with van der Waals surface area (Å²) in [5, 5.41) is 11.0. The fourth-order valence-corrected chi connectivity index (χ4v) is 1.73. The van der Waals surface area contributed by atoms with Gasteiger partial charge < -0.3 is 15.3 Å². The summed E-state index contributed by atoms with van der Waals surface area (Å²) in [7, 11) is 0. The van der Waals surface area contributed by atoms with Crippen molar-refractivity contribution in [1.29, 1.82) is 0 Å². The molecule has 1 aliphatic rings. The fraction of sp³-hybridized carbons (Fsp3) is 0.800. The van der Waals surface area contributed by atoms with E-state index in [2.05, 4.69) is 19.2 Å². The number of nitrogens with one attached hydrogen (secondary N) is 1. The summed E-state index contributed by atoms with van der Waals surface area (Å²) in [4.78, 5) is 23.6. The molecule has 0 saturated carbocycles. The smallest absolute Gasteiger partial charge is 0.317 e. The highest BCUT2D eigenvalue weighted by atomic mass is 16.4. The Kier molecular flexibility index (Phi) is 3.94. The molecular formula is C10H18N2O3. The van der Waals surface area contributed by atoms with Gasteiger partial charge in [-0.25, -0.2) is 4.79 Å². The van der Waals surface area contributed by atoms with Crippen molar-refractivity contribution >= 4 is 12.0 Å². The van der Waals surface area contributed by atoms with E-state index in [0.29, 0.717) is 12.0 Å². The highest BCUT2D eigenvalue weighted by Gasteiger charge is 2.33. The van der Waals surface area contributed by atoms with Gasteiger partial charge in [0.2, 0.25) is 0 Å². The Morgan fingerprint density at radius 1 is 1.53 bits per heavy atom. The summed E-state index contributed by atoms with van der Waals surface area (Å²) in [6, 6.07) is 0.177. The van der Waals surface area contributed by atoms with E-state index in [9.17, 15) is 9.59 Å². The Hall–Kier alpha value is -1.26. The molecule has 0 bridgehead atoms. The molecule has 0 spiro atoms. The molecule has 1 fully saturated rings. The quantitative estimate of drug-likeness (QED) is 0.730. The lowest BCUT2D eigenvalue weighted by Gasteiger charge is -2.43. The standard InChI is InChI=1S/C10H18N2O3/c1-7(2)8-4-6-12(8)10(15)11-5-3-9(13)14/h7-8H,3-6H2,1-2H3,(H,11,15)(H,13,14). The molecule has 1 rings (SSSR count). The predicted molar refractivity (Wildman–Crippen MR) is 55.6 cm³/mol. The van der Waals surface area contributed by atoms with Gasteiger partial charge in [-0.05, 0) is 12.3 Å². The highest BCUT2D eigenvalue weighted by Crippen LogP contribution is 2.23. The normalized spacial score (nSPS) is 19.9. The van der Waals surface area contributed by atoms with Crippen LogP contribution in [0.1, 0.15) is 26.7 Å². The topological polar surface area (TPSA) is 69.6 Å². The third kappa shape index (κ3) is 3.11. The van der Waals surface area contributed by atoms with Crippen molar-refractivity contribution in [3.63, 3.8) is 0 Å². The molecule has 5 heteroatoms. The lowest BCUT2D eigenvalue weighted by atomic mass is 9.92. The van der Waals surface area contributed by atoms with Crippen LogP contribution >= 0.6 is 0 Å². The number of carbonyl (C=O) groups is 2. The van der Waals surface area contributed by atoms with Crippen LogP contribution in [0, 0.1) is 5.92 Å². The molecule has 0 aliphatic carbocycles. The van der Waals surface area contributed by atoms with E-state index in [1.54, 1.807) is 4.90 Å². The van der Waals surface area contributed by atoms with Gasteiger partial charge in [0.1, 0.15) is 0 Å². The Bertz CT molecular complexity index is 253. The number of likely N-dealkylation sites (tertiary alicyclic amines) is 1. The third-order valence-electron chi connectivity index (χ3n) is 2.71. The number of carboxylic acid groups (broad SMARTS) is 1. The summed E-state index contributed by atoms with van der Waals surface area (Å²) in [6.45, 7) is 5.15. The van der Waals surface area contributed by atoms with Crippen molar-refractivity contribution in [2.24, 2.45) is 5.92 Å². The second-order valence-corrected chi connectivity index (χ2v) is 4.17. The Balaban J connectivity index is 2.26. The summed E-state index contributed by atoms with van der Waals surface area (Å²) >= 11 is 0. The molecule has 2 amide bonds. The molecule has 5 nitrogen and oxygen atoms in total. The van der Waals surface area contributed by atoms with Crippen molar-refractivity contribution in [1.82, 2.24) is 10.2 Å². The average Bonchev–Trinajstić information content (AvgIpc) is 1.99. The number of amides is 2. The second kappa shape index (κ2) is 5.00. The van der Waals surface area contributed by atoms with Crippen LogP contribution in [0.5, 0.6) is 0 Å². The molecule has 0 aromatic heterocycles. The van der Waals surface area contributed by atoms with Gasteiger partial charge in [0.15, 0.2) is 0 Å². The number of carbonyl (C=O) groups excluding carboxylic acids is 1. The summed E-state index contributed by atoms with van der Waals surface area (Å²) < 4.78 is 0. The zero-order valence-corrected chi connectivity index (χ0v) is 9.19. The molecule has 0 radical (unpaired) electrons. The molecule has 0 aromatic rings. The number of hydrogen-bond acceptors (Lipinski definition) is 2. The molecule has 1 unspecified atom stereocenters. The van der Waals surface area contributed by atoms with Gasteiger partial charge in [-0.2, -0.15) is 0 Å². The Labute approximate surface area is 89.4 Å². The summed E-state index contributed by atoms with van der Waals surface area (Å²) in [6.07, 6.45) is 1.02. The van der Waals surface area contributed by atoms with Crippen molar-refractivity contribution in [3.8, 4) is 0 Å². The minimum absolute atomic E-state index is 0.0219. The number of urea groups is 1. The number of hydrogen-bond donors (Lipinski definition) is 2. The predicted octanol–water partition coefficient (Wildman–Crippen LogP) is 0.901. The van der Waals surface area contributed by atoms with Gasteiger partial charge >= 0.3 is 12.0 Å². The van der Waals surface area contributed by atoms with Crippen molar-refractivity contribution in [3.05, 3.63) is 0 Å². The van der Waals surface area contributed by atoms with E-state index in [-0.39, 0.29) is 19.0 Å². The molecule has 15 heavy (non-hydrogen) atoms. The van der Waals surface area contributed by atoms with Crippen LogP contribution in [0.25, 0.3) is 0 Å². The molecular weight excluding hydrogens is 196 g/mol. The summed E-state index contributed by atoms with van der Waals surface area (Å²) in [5.41, 5.74) is 0. The minimum atomic E-state index is -0.890. The second-order valence-electron chi connectivity index (χ2n) is 4.17. The molecule has 0 aromatic carbocycles. The van der Waals surface area contributed by atoms with Gasteiger partial charge in [-0.1, -0.05) is 13.8 Å². The maximum absolute atomic E-state index is 11.5. The lowest BCUT2D eigenvalue weighted by molar-refractivity contribution is -0.136. The van der Waals surface area contributed by atoms with Crippen LogP contribution in [-0.4, -0.2) is 41.1 Å². The van der Waals surface area contributed by atoms with Crippen molar-refractivity contribution in [2.75, 3.05) is 13.1 Å². The Morgan fingerprint density at radius 3 is 2.60 bits per heavy atom. The first-order valence-corrected chi connectivity index (χ1v) is 5.28. The van der Waals surface area contributed by atoms with E-state index in [4.69, 9.17) is 5.11 Å². The van der Waals surface area contributed by atoms with Gasteiger partial charge in [0, 0.05) is 19.1 Å². The van der Waals surface area contributed by atoms with Crippen molar-refractivity contribution in [2.45, 2.75) is 32.7 Å². The van der Waals surface area contributed by atoms with Gasteiger partial charge in [0.25, 0.3) is 0 Å². The van der Waals surface area contributed by atoms with E-state index < -0.39 is 5.97 Å². The van der Waals surface area contributed by atoms with E-state index in [1.807, 2.05) is 0 Å². The molecule has 1 heterocycles. The monoisotopic (exact) mass is 214 g/mol. The van der Waals surface area contributed by atoms with Gasteiger partial charge in [0.05, 0.1) is 6.42 Å². The largest absolute Gasteiger partial charge is 0.481 e. The summed E-state index contributed by atoms with van der Waals surface area (Å²) in [5.74, 6) is -0.428. The zero-order chi connectivity index (χ0) is 11.4. The maximum atomic E-state index is 11.5. The van der Waals surface area contributed by atoms with Crippen LogP contribution in [-0.2, 0) is 4.79 Å². The van der Waals surface area contributed by atoms with Crippen molar-refractivity contribution < 1.29 is 14.7 Å². The number of aliphatic carboxylic acids is 1. The number of carboxylic acids is 1. The number of nitrogens with zero attached hydrogens (tertiary/aromatic N) is 1. The van der Waals surface area contributed by atoms with E-state index in [0.717, 1.165) is 13.0 Å². The molecule has 86 valence electrons. The first kappa shape index (κ1) is 11.8. The number of rotatable bonds is 4. The molecule has 2 N–H and O–H groups in total. The fourth-order valence-electron chi connectivity index (χ4n) is 1.73. The van der Waals surface area contributed by atoms with Crippen LogP contribution in [0.15, 0.2) is 0 Å². The molecule has 1 saturated heterocycles. The van der Waals surface area contributed by atoms with Crippen LogP contribution in [0.2, 0.25) is 0 Å². The zero-order valence-electron chi connectivity index (χ0n) is 9.19. The van der Waals surface area contributed by atoms with Crippen LogP contribution < -0.4 is 5.32 Å². The highest BCUT2D eigenvalue weighted by molar-refractivity contribution is 5.76. The first-order valence-electron chi connectivity index (χ1n) is 5.28. The molecule has 1 atom stereocenters. The van der Waals surface area contributed by atoms with E-state index in [1.165, 1.54) is 0 Å². The average molecular weight is 214 g/mol. The SMILES string of the molecule is CC(C)C1CCN1C(=O)NCCC(=O)O. The maximum Gasteiger partial charge on any atom is 0.317 e. The van der Waals surface area contributed by atoms with Gasteiger partial charge in [-0.15, -0.1) is 0 Å². The van der Waals surface area contributed by atoms with Gasteiger partial charge in [-0.3, -0.25) is 4.79 Å². The minimum Gasteiger partial charge on any atom is -0.481 e. The van der Waals surface area contributed by atoms with Crippen LogP contribution in [0.3, 0.4) is 0 Å². The van der Waals surface area contributed by atoms with E-state index >= 15 is 0 Å². The third-order valence-corrected chi connectivity index (χ3v) is 2.71. The lowest BCUT2D eigenvalue weighted by Crippen LogP contribution is -2.57. The Morgan fingerprint density at radius 2 is 2.20 bits per heavy atom. The molecule has 1 aliphatic heterocycles. The van der Waals surface area contributed by atoms with Crippen LogP contribution in [0.4, 0.5) is 4.79 Å².